The molecule has 26 heavy (non-hydrogen) atoms. The summed E-state index contributed by atoms with van der Waals surface area (Å²) in [6.07, 6.45) is 4.12. The van der Waals surface area contributed by atoms with E-state index in [1.807, 2.05) is 12.1 Å². The van der Waals surface area contributed by atoms with Crippen LogP contribution in [0.5, 0.6) is 0 Å². The van der Waals surface area contributed by atoms with Gasteiger partial charge in [0.2, 0.25) is 5.91 Å². The summed E-state index contributed by atoms with van der Waals surface area (Å²) in [6.45, 7) is 0. The fourth-order valence-corrected chi connectivity index (χ4v) is 3.82. The zero-order valence-corrected chi connectivity index (χ0v) is 15.5. The van der Waals surface area contributed by atoms with Crippen LogP contribution < -0.4 is 5.32 Å². The van der Waals surface area contributed by atoms with Gasteiger partial charge in [0.25, 0.3) is 0 Å². The molecule has 1 aliphatic carbocycles. The minimum absolute atomic E-state index is 0.137. The van der Waals surface area contributed by atoms with E-state index in [4.69, 9.17) is 16.9 Å². The first kappa shape index (κ1) is 18.3. The Morgan fingerprint density at radius 2 is 1.96 bits per heavy atom. The Bertz CT molecular complexity index is 946. The van der Waals surface area contributed by atoms with Crippen LogP contribution in [0.3, 0.4) is 0 Å². The minimum atomic E-state index is -0.223. The van der Waals surface area contributed by atoms with E-state index in [2.05, 4.69) is 16.4 Å². The second-order valence-corrected chi connectivity index (χ2v) is 7.28. The number of nitrogens with one attached hydrogen (secondary N) is 1. The zero-order chi connectivity index (χ0) is 18.5. The minimum Gasteiger partial charge on any atom is -0.325 e. The van der Waals surface area contributed by atoms with E-state index < -0.39 is 0 Å². The molecule has 0 spiro atoms. The Hall–Kier alpha value is -2.54. The predicted octanol–water partition coefficient (Wildman–Crippen LogP) is 4.09. The van der Waals surface area contributed by atoms with Gasteiger partial charge in [0, 0.05) is 11.4 Å². The number of pyridine rings is 1. The number of rotatable bonds is 4. The highest BCUT2D eigenvalue weighted by molar-refractivity contribution is 8.00. The van der Waals surface area contributed by atoms with Crippen molar-refractivity contribution in [2.24, 2.45) is 0 Å². The van der Waals surface area contributed by atoms with Crippen molar-refractivity contribution >= 4 is 35.0 Å². The maximum absolute atomic E-state index is 12.2. The summed E-state index contributed by atoms with van der Waals surface area (Å²) in [6, 6.07) is 10.8. The molecule has 0 radical (unpaired) electrons. The number of hydrogen-bond acceptors (Lipinski definition) is 5. The number of aromatic nitrogens is 1. The molecule has 1 N–H and O–H groups in total. The lowest BCUT2D eigenvalue weighted by Crippen LogP contribution is -2.15. The van der Waals surface area contributed by atoms with Gasteiger partial charge < -0.3 is 5.32 Å². The number of carbonyl (C=O) groups excluding carboxylic acids is 1. The van der Waals surface area contributed by atoms with E-state index in [9.17, 15) is 10.1 Å². The molecule has 7 heteroatoms. The van der Waals surface area contributed by atoms with Crippen molar-refractivity contribution in [3.05, 3.63) is 51.7 Å². The number of nitrogens with zero attached hydrogens (tertiary/aromatic N) is 3. The molecule has 0 unspecified atom stereocenters. The summed E-state index contributed by atoms with van der Waals surface area (Å²) >= 11 is 7.22. The summed E-state index contributed by atoms with van der Waals surface area (Å²) in [7, 11) is 0. The molecular formula is C19H15ClN4OS. The molecule has 0 aliphatic heterocycles. The van der Waals surface area contributed by atoms with Gasteiger partial charge >= 0.3 is 0 Å². The Morgan fingerprint density at radius 3 is 2.69 bits per heavy atom. The molecule has 130 valence electrons. The van der Waals surface area contributed by atoms with Gasteiger partial charge in [-0.25, -0.2) is 4.98 Å². The maximum Gasteiger partial charge on any atom is 0.234 e. The van der Waals surface area contributed by atoms with Gasteiger partial charge in [-0.3, -0.25) is 4.79 Å². The number of anilines is 1. The van der Waals surface area contributed by atoms with Crippen LogP contribution in [0.1, 0.15) is 35.2 Å². The number of nitriles is 2. The number of thioether (sulfide) groups is 1. The van der Waals surface area contributed by atoms with Crippen molar-refractivity contribution in [1.82, 2.24) is 4.98 Å². The van der Waals surface area contributed by atoms with Crippen LogP contribution in [0.25, 0.3) is 0 Å². The van der Waals surface area contributed by atoms with Crippen molar-refractivity contribution in [1.29, 1.82) is 10.5 Å². The average Bonchev–Trinajstić information content (AvgIpc) is 2.65. The van der Waals surface area contributed by atoms with Gasteiger partial charge in [0.05, 0.1) is 21.9 Å². The lowest BCUT2D eigenvalue weighted by molar-refractivity contribution is -0.113. The average molecular weight is 383 g/mol. The van der Waals surface area contributed by atoms with Crippen molar-refractivity contribution in [3.8, 4) is 12.1 Å². The van der Waals surface area contributed by atoms with Gasteiger partial charge in [0.1, 0.15) is 17.2 Å². The van der Waals surface area contributed by atoms with Gasteiger partial charge in [0.15, 0.2) is 0 Å². The monoisotopic (exact) mass is 382 g/mol. The second-order valence-electron chi connectivity index (χ2n) is 5.91. The standard InChI is InChI=1S/C19H15ClN4OS/c20-16-8-15(6-5-13(16)9-21)23-18(25)11-26-19-14(10-22)7-12-3-1-2-4-17(12)24-19/h5-8H,1-4,11H2,(H,23,25). The van der Waals surface area contributed by atoms with Crippen LogP contribution >= 0.6 is 23.4 Å². The van der Waals surface area contributed by atoms with Crippen molar-refractivity contribution < 1.29 is 4.79 Å². The van der Waals surface area contributed by atoms with Crippen LogP contribution in [0.2, 0.25) is 5.02 Å². The molecule has 1 heterocycles. The summed E-state index contributed by atoms with van der Waals surface area (Å²) in [4.78, 5) is 16.8. The fraction of sp³-hybridized carbons (Fsp3) is 0.263. The number of benzene rings is 1. The highest BCUT2D eigenvalue weighted by atomic mass is 35.5. The Kier molecular flexibility index (Phi) is 5.78. The van der Waals surface area contributed by atoms with Gasteiger partial charge in [-0.1, -0.05) is 23.4 Å². The highest BCUT2D eigenvalue weighted by Gasteiger charge is 2.16. The third kappa shape index (κ3) is 4.16. The number of carbonyl (C=O) groups is 1. The van der Waals surface area contributed by atoms with Crippen molar-refractivity contribution in [2.45, 2.75) is 30.7 Å². The van der Waals surface area contributed by atoms with Gasteiger partial charge in [-0.15, -0.1) is 0 Å². The Labute approximate surface area is 161 Å². The molecule has 1 aromatic carbocycles. The van der Waals surface area contributed by atoms with Crippen LogP contribution in [-0.2, 0) is 17.6 Å². The van der Waals surface area contributed by atoms with Crippen molar-refractivity contribution in [3.63, 3.8) is 0 Å². The smallest absolute Gasteiger partial charge is 0.234 e. The quantitative estimate of drug-likeness (QED) is 0.804. The lowest BCUT2D eigenvalue weighted by Gasteiger charge is -2.16. The highest BCUT2D eigenvalue weighted by Crippen LogP contribution is 2.27. The predicted molar refractivity (Wildman–Crippen MR) is 101 cm³/mol. The molecule has 1 aromatic heterocycles. The van der Waals surface area contributed by atoms with E-state index in [-0.39, 0.29) is 11.7 Å². The van der Waals surface area contributed by atoms with Crippen LogP contribution in [0.15, 0.2) is 29.3 Å². The normalized spacial score (nSPS) is 12.6. The largest absolute Gasteiger partial charge is 0.325 e. The summed E-state index contributed by atoms with van der Waals surface area (Å²) < 4.78 is 0. The molecule has 0 saturated carbocycles. The molecule has 0 bridgehead atoms. The number of hydrogen-bond donors (Lipinski definition) is 1. The topological polar surface area (TPSA) is 89.6 Å². The van der Waals surface area contributed by atoms with E-state index in [1.54, 1.807) is 18.2 Å². The third-order valence-corrected chi connectivity index (χ3v) is 5.40. The maximum atomic E-state index is 12.2. The van der Waals surface area contributed by atoms with Gasteiger partial charge in [-0.2, -0.15) is 10.5 Å². The first-order chi connectivity index (χ1) is 12.6. The first-order valence-electron chi connectivity index (χ1n) is 8.16. The molecule has 5 nitrogen and oxygen atoms in total. The molecule has 0 fully saturated rings. The van der Waals surface area contributed by atoms with Crippen molar-refractivity contribution in [2.75, 3.05) is 11.1 Å². The summed E-state index contributed by atoms with van der Waals surface area (Å²) in [5, 5.41) is 21.9. The van der Waals surface area contributed by atoms with Crippen LogP contribution in [-0.4, -0.2) is 16.6 Å². The zero-order valence-electron chi connectivity index (χ0n) is 13.9. The number of halogens is 1. The van der Waals surface area contributed by atoms with Crippen LogP contribution in [0.4, 0.5) is 5.69 Å². The van der Waals surface area contributed by atoms with Gasteiger partial charge in [-0.05, 0) is 55.5 Å². The Balaban J connectivity index is 1.67. The van der Waals surface area contributed by atoms with E-state index in [0.29, 0.717) is 26.9 Å². The van der Waals surface area contributed by atoms with Crippen LogP contribution in [0, 0.1) is 22.7 Å². The number of fused-ring (bicyclic) bond motifs is 1. The second kappa shape index (κ2) is 8.23. The number of aryl methyl sites for hydroxylation is 2. The molecule has 2 aromatic rings. The molecule has 0 atom stereocenters. The molecule has 3 rings (SSSR count). The Morgan fingerprint density at radius 1 is 1.19 bits per heavy atom. The molecule has 1 aliphatic rings. The SMILES string of the molecule is N#Cc1ccc(NC(=O)CSc2nc3c(cc2C#N)CCCC3)cc1Cl. The molecule has 1 amide bonds. The van der Waals surface area contributed by atoms with E-state index in [1.165, 1.54) is 11.8 Å². The van der Waals surface area contributed by atoms with E-state index in [0.717, 1.165) is 36.9 Å². The molecular weight excluding hydrogens is 368 g/mol. The summed E-state index contributed by atoms with van der Waals surface area (Å²) in [5.74, 6) is -0.0860. The fourth-order valence-electron chi connectivity index (χ4n) is 2.82. The number of amides is 1. The first-order valence-corrected chi connectivity index (χ1v) is 9.52. The third-order valence-electron chi connectivity index (χ3n) is 4.10. The summed E-state index contributed by atoms with van der Waals surface area (Å²) in [5.41, 5.74) is 3.59. The molecule has 0 saturated heterocycles. The van der Waals surface area contributed by atoms with E-state index >= 15 is 0 Å². The lowest BCUT2D eigenvalue weighted by atomic mass is 9.95.